The average Bonchev–Trinajstić information content (AvgIpc) is 3.62. The van der Waals surface area contributed by atoms with Crippen molar-refractivity contribution in [1.82, 2.24) is 0 Å². The lowest BCUT2D eigenvalue weighted by Crippen LogP contribution is -2.37. The Morgan fingerprint density at radius 1 is 0.705 bits per heavy atom. The van der Waals surface area contributed by atoms with Crippen molar-refractivity contribution in [2.45, 2.75) is 81.4 Å². The SMILES string of the molecule is Cc1ccc2c(c1)C1c3ccccc3C(S(C)(CCCCCCOC(C)(C)C)C3c4ccccc4-c4ccccc43)C1N2C. The number of nitrogens with zero attached hydrogens (tertiary/aromatic N) is 1. The number of ether oxygens (including phenoxy) is 1. The molecular weight excluding hydrogens is 555 g/mol. The van der Waals surface area contributed by atoms with E-state index < -0.39 is 10.0 Å². The monoisotopic (exact) mass is 603 g/mol. The van der Waals surface area contributed by atoms with E-state index in [9.17, 15) is 0 Å². The first-order valence-corrected chi connectivity index (χ1v) is 19.0. The summed E-state index contributed by atoms with van der Waals surface area (Å²) >= 11 is 0. The van der Waals surface area contributed by atoms with E-state index in [1.807, 2.05) is 0 Å². The van der Waals surface area contributed by atoms with Gasteiger partial charge >= 0.3 is 0 Å². The van der Waals surface area contributed by atoms with Crippen LogP contribution in [0.5, 0.6) is 0 Å². The van der Waals surface area contributed by atoms with Crippen molar-refractivity contribution in [3.8, 4) is 11.1 Å². The number of anilines is 1. The van der Waals surface area contributed by atoms with E-state index in [0.717, 1.165) is 13.0 Å². The van der Waals surface area contributed by atoms with Crippen LogP contribution in [0.1, 0.15) is 96.3 Å². The van der Waals surface area contributed by atoms with Gasteiger partial charge in [0.25, 0.3) is 0 Å². The zero-order valence-electron chi connectivity index (χ0n) is 27.5. The van der Waals surface area contributed by atoms with Crippen LogP contribution in [0.4, 0.5) is 5.69 Å². The maximum Gasteiger partial charge on any atom is 0.0598 e. The lowest BCUT2D eigenvalue weighted by atomic mass is 9.92. The van der Waals surface area contributed by atoms with Crippen LogP contribution >= 0.6 is 10.0 Å². The lowest BCUT2D eigenvalue weighted by molar-refractivity contribution is -0.00470. The van der Waals surface area contributed by atoms with E-state index in [1.54, 1.807) is 22.3 Å². The Hall–Kier alpha value is -3.01. The van der Waals surface area contributed by atoms with Crippen LogP contribution in [0.15, 0.2) is 91.0 Å². The molecular formula is C41H49NOS. The minimum Gasteiger partial charge on any atom is -0.376 e. The Morgan fingerprint density at radius 2 is 1.30 bits per heavy atom. The lowest BCUT2D eigenvalue weighted by Gasteiger charge is -2.51. The topological polar surface area (TPSA) is 12.5 Å². The van der Waals surface area contributed by atoms with E-state index in [4.69, 9.17) is 4.74 Å². The first-order chi connectivity index (χ1) is 21.2. The van der Waals surface area contributed by atoms with Gasteiger partial charge in [0.1, 0.15) is 0 Å². The third kappa shape index (κ3) is 4.92. The highest BCUT2D eigenvalue weighted by Gasteiger charge is 2.56. The van der Waals surface area contributed by atoms with Crippen LogP contribution in [0.2, 0.25) is 0 Å². The highest BCUT2D eigenvalue weighted by atomic mass is 32.3. The minimum atomic E-state index is -1.24. The Balaban J connectivity index is 1.30. The summed E-state index contributed by atoms with van der Waals surface area (Å²) in [6.07, 6.45) is 7.66. The first-order valence-electron chi connectivity index (χ1n) is 16.7. The summed E-state index contributed by atoms with van der Waals surface area (Å²) in [5, 5.41) is 0.935. The molecule has 0 spiro atoms. The second-order valence-corrected chi connectivity index (χ2v) is 18.4. The molecule has 1 heterocycles. The molecule has 0 bridgehead atoms. The summed E-state index contributed by atoms with van der Waals surface area (Å²) in [4.78, 5) is 2.67. The molecule has 7 rings (SSSR count). The Labute approximate surface area is 267 Å². The molecule has 3 aliphatic rings. The average molecular weight is 604 g/mol. The standard InChI is InChI=1S/C41H49NOS/c1-28-23-24-36-35(27-28)37-31-19-11-14-22-34(31)40(38(37)42(36)5)44(6,26-16-8-7-15-25-43-41(2,3)4)39-32-20-12-9-17-29(32)30-18-10-13-21-33(30)39/h9-14,17-24,27,37-40H,7-8,15-16,25-26H2,1-6H3. The molecule has 0 fully saturated rings. The van der Waals surface area contributed by atoms with Gasteiger partial charge in [-0.25, -0.2) is 10.0 Å². The number of hydrogen-bond acceptors (Lipinski definition) is 2. The summed E-state index contributed by atoms with van der Waals surface area (Å²) in [5.74, 6) is 1.72. The van der Waals surface area contributed by atoms with Gasteiger partial charge in [-0.15, -0.1) is 0 Å². The molecule has 4 atom stereocenters. The van der Waals surface area contributed by atoms with Crippen molar-refractivity contribution in [3.63, 3.8) is 0 Å². The smallest absolute Gasteiger partial charge is 0.0598 e. The Bertz CT molecular complexity index is 1620. The molecule has 0 aromatic heterocycles. The highest BCUT2D eigenvalue weighted by molar-refractivity contribution is 8.33. The largest absolute Gasteiger partial charge is 0.376 e. The summed E-state index contributed by atoms with van der Waals surface area (Å²) in [7, 11) is 1.14. The predicted molar refractivity (Wildman–Crippen MR) is 191 cm³/mol. The van der Waals surface area contributed by atoms with E-state index >= 15 is 0 Å². The maximum absolute atomic E-state index is 6.05. The van der Waals surface area contributed by atoms with Gasteiger partial charge in [0.05, 0.1) is 11.6 Å². The molecule has 2 aliphatic carbocycles. The molecule has 1 aliphatic heterocycles. The normalized spacial score (nSPS) is 22.1. The van der Waals surface area contributed by atoms with E-state index in [0.29, 0.717) is 22.5 Å². The number of fused-ring (bicyclic) bond motifs is 8. The predicted octanol–water partition coefficient (Wildman–Crippen LogP) is 10.6. The van der Waals surface area contributed by atoms with Gasteiger partial charge in [-0.1, -0.05) is 103 Å². The molecule has 44 heavy (non-hydrogen) atoms. The molecule has 4 aromatic rings. The maximum atomic E-state index is 6.05. The number of hydrogen-bond donors (Lipinski definition) is 0. The second-order valence-electron chi connectivity index (χ2n) is 14.6. The first kappa shape index (κ1) is 29.7. The van der Waals surface area contributed by atoms with Crippen molar-refractivity contribution in [3.05, 3.63) is 124 Å². The summed E-state index contributed by atoms with van der Waals surface area (Å²) in [6, 6.07) is 35.8. The number of benzene rings is 4. The molecule has 0 saturated heterocycles. The number of rotatable bonds is 9. The molecule has 0 saturated carbocycles. The van der Waals surface area contributed by atoms with Gasteiger partial charge in [0, 0.05) is 35.8 Å². The number of likely N-dealkylation sites (N-methyl/N-ethyl adjacent to an activating group) is 1. The molecule has 0 radical (unpaired) electrons. The van der Waals surface area contributed by atoms with Crippen LogP contribution in [-0.4, -0.2) is 37.3 Å². The molecule has 4 aromatic carbocycles. The van der Waals surface area contributed by atoms with Crippen molar-refractivity contribution < 1.29 is 4.74 Å². The van der Waals surface area contributed by atoms with E-state index in [-0.39, 0.29) is 5.60 Å². The van der Waals surface area contributed by atoms with Gasteiger partial charge < -0.3 is 9.64 Å². The summed E-state index contributed by atoms with van der Waals surface area (Å²) in [6.45, 7) is 9.59. The van der Waals surface area contributed by atoms with Crippen LogP contribution in [0.25, 0.3) is 11.1 Å². The molecule has 0 amide bonds. The third-order valence-electron chi connectivity index (χ3n) is 10.5. The minimum absolute atomic E-state index is 0.0538. The fourth-order valence-electron chi connectivity index (χ4n) is 8.72. The number of unbranched alkanes of at least 4 members (excludes halogenated alkanes) is 3. The highest BCUT2D eigenvalue weighted by Crippen LogP contribution is 2.77. The van der Waals surface area contributed by atoms with Gasteiger partial charge in [0.2, 0.25) is 0 Å². The third-order valence-corrected chi connectivity index (χ3v) is 15.0. The Kier molecular flexibility index (Phi) is 7.70. The van der Waals surface area contributed by atoms with Crippen LogP contribution < -0.4 is 4.90 Å². The molecule has 2 nitrogen and oxygen atoms in total. The van der Waals surface area contributed by atoms with Crippen molar-refractivity contribution in [2.24, 2.45) is 0 Å². The molecule has 0 N–H and O–H groups in total. The Morgan fingerprint density at radius 3 is 1.95 bits per heavy atom. The number of aryl methyl sites for hydroxylation is 1. The van der Waals surface area contributed by atoms with Crippen molar-refractivity contribution in [2.75, 3.05) is 30.6 Å². The van der Waals surface area contributed by atoms with Gasteiger partial charge in [-0.05, 0) is 97.6 Å². The van der Waals surface area contributed by atoms with Gasteiger partial charge in [-0.2, -0.15) is 0 Å². The van der Waals surface area contributed by atoms with Crippen molar-refractivity contribution >= 4 is 15.7 Å². The molecule has 4 unspecified atom stereocenters. The van der Waals surface area contributed by atoms with Crippen LogP contribution in [0, 0.1) is 6.92 Å². The fourth-order valence-corrected chi connectivity index (χ4v) is 13.7. The quantitative estimate of drug-likeness (QED) is 0.177. The van der Waals surface area contributed by atoms with Crippen LogP contribution in [0.3, 0.4) is 0 Å². The molecule has 230 valence electrons. The van der Waals surface area contributed by atoms with Crippen LogP contribution in [-0.2, 0) is 4.74 Å². The van der Waals surface area contributed by atoms with E-state index in [2.05, 4.69) is 137 Å². The summed E-state index contributed by atoms with van der Waals surface area (Å²) < 4.78 is 6.05. The van der Waals surface area contributed by atoms with Gasteiger partial charge in [0.15, 0.2) is 0 Å². The zero-order valence-corrected chi connectivity index (χ0v) is 28.3. The fraction of sp³-hybridized carbons (Fsp3) is 0.415. The van der Waals surface area contributed by atoms with E-state index in [1.165, 1.54) is 53.0 Å². The van der Waals surface area contributed by atoms with Crippen molar-refractivity contribution in [1.29, 1.82) is 0 Å². The summed E-state index contributed by atoms with van der Waals surface area (Å²) in [5.41, 5.74) is 13.5. The zero-order chi connectivity index (χ0) is 30.6. The molecule has 3 heteroatoms. The van der Waals surface area contributed by atoms with Gasteiger partial charge in [-0.3, -0.25) is 0 Å². The second kappa shape index (κ2) is 11.4.